The molecule has 3 heterocycles. The van der Waals surface area contributed by atoms with E-state index >= 15 is 0 Å². The SMILES string of the molecule is O=C(/C=C/c1cnc2ccccn12)c1csc(C(=O)O)c1. The van der Waals surface area contributed by atoms with Crippen molar-refractivity contribution in [1.82, 2.24) is 9.38 Å². The van der Waals surface area contributed by atoms with E-state index in [2.05, 4.69) is 4.98 Å². The second kappa shape index (κ2) is 5.34. The normalized spacial score (nSPS) is 11.2. The van der Waals surface area contributed by atoms with Gasteiger partial charge in [0.25, 0.3) is 0 Å². The van der Waals surface area contributed by atoms with Crippen molar-refractivity contribution in [3.63, 3.8) is 0 Å². The lowest BCUT2D eigenvalue weighted by Crippen LogP contribution is -1.94. The zero-order valence-corrected chi connectivity index (χ0v) is 11.6. The topological polar surface area (TPSA) is 71.7 Å². The maximum Gasteiger partial charge on any atom is 0.345 e. The monoisotopic (exact) mass is 298 g/mol. The number of imidazole rings is 1. The molecule has 0 aliphatic carbocycles. The van der Waals surface area contributed by atoms with Gasteiger partial charge in [0.15, 0.2) is 5.78 Å². The summed E-state index contributed by atoms with van der Waals surface area (Å²) in [6.45, 7) is 0. The van der Waals surface area contributed by atoms with Crippen molar-refractivity contribution in [1.29, 1.82) is 0 Å². The molecule has 3 aromatic rings. The first-order chi connectivity index (χ1) is 10.1. The van der Waals surface area contributed by atoms with Crippen molar-refractivity contribution in [2.24, 2.45) is 0 Å². The number of carboxylic acid groups (broad SMARTS) is 1. The van der Waals surface area contributed by atoms with Crippen molar-refractivity contribution in [3.8, 4) is 0 Å². The average Bonchev–Trinajstić information content (AvgIpc) is 3.12. The summed E-state index contributed by atoms with van der Waals surface area (Å²) >= 11 is 1.04. The van der Waals surface area contributed by atoms with E-state index < -0.39 is 5.97 Å². The zero-order valence-electron chi connectivity index (χ0n) is 10.8. The summed E-state index contributed by atoms with van der Waals surface area (Å²) in [5.41, 5.74) is 1.96. The summed E-state index contributed by atoms with van der Waals surface area (Å²) in [6, 6.07) is 7.02. The average molecular weight is 298 g/mol. The fourth-order valence-corrected chi connectivity index (χ4v) is 2.64. The second-order valence-electron chi connectivity index (χ2n) is 4.31. The van der Waals surface area contributed by atoms with Crippen LogP contribution < -0.4 is 0 Å². The Bertz CT molecular complexity index is 861. The molecule has 3 rings (SSSR count). The fourth-order valence-electron chi connectivity index (χ4n) is 1.91. The number of ketones is 1. The van der Waals surface area contributed by atoms with Gasteiger partial charge in [-0.1, -0.05) is 6.07 Å². The largest absolute Gasteiger partial charge is 0.477 e. The Morgan fingerprint density at radius 3 is 2.95 bits per heavy atom. The number of carboxylic acids is 1. The number of nitrogens with zero attached hydrogens (tertiary/aromatic N) is 2. The number of aromatic carboxylic acids is 1. The lowest BCUT2D eigenvalue weighted by Gasteiger charge is -1.94. The molecular formula is C15H10N2O3S. The van der Waals surface area contributed by atoms with Crippen molar-refractivity contribution in [2.45, 2.75) is 0 Å². The molecule has 0 aliphatic rings. The Morgan fingerprint density at radius 1 is 1.33 bits per heavy atom. The number of fused-ring (bicyclic) bond motifs is 1. The summed E-state index contributed by atoms with van der Waals surface area (Å²) in [7, 11) is 0. The summed E-state index contributed by atoms with van der Waals surface area (Å²) in [4.78, 5) is 27.2. The minimum absolute atomic E-state index is 0.154. The minimum Gasteiger partial charge on any atom is -0.477 e. The fraction of sp³-hybridized carbons (Fsp3) is 0. The molecule has 0 aliphatic heterocycles. The Labute approximate surface area is 123 Å². The van der Waals surface area contributed by atoms with Gasteiger partial charge in [0.1, 0.15) is 10.5 Å². The van der Waals surface area contributed by atoms with Crippen LogP contribution in [-0.4, -0.2) is 26.2 Å². The zero-order chi connectivity index (χ0) is 14.8. The molecule has 0 unspecified atom stereocenters. The quantitative estimate of drug-likeness (QED) is 0.593. The molecule has 1 N–H and O–H groups in total. The number of carbonyl (C=O) groups excluding carboxylic acids is 1. The third-order valence-corrected chi connectivity index (χ3v) is 3.86. The van der Waals surface area contributed by atoms with Crippen LogP contribution in [0, 0.1) is 0 Å². The number of aromatic nitrogens is 2. The Morgan fingerprint density at radius 2 is 2.19 bits per heavy atom. The van der Waals surface area contributed by atoms with Gasteiger partial charge in [-0.3, -0.25) is 4.79 Å². The molecule has 0 fully saturated rings. The van der Waals surface area contributed by atoms with Gasteiger partial charge in [0.05, 0.1) is 11.9 Å². The predicted molar refractivity (Wildman–Crippen MR) is 79.8 cm³/mol. The van der Waals surface area contributed by atoms with Gasteiger partial charge < -0.3 is 9.51 Å². The van der Waals surface area contributed by atoms with E-state index in [0.29, 0.717) is 5.56 Å². The number of hydrogen-bond acceptors (Lipinski definition) is 4. The summed E-state index contributed by atoms with van der Waals surface area (Å²) in [5, 5.41) is 10.4. The molecule has 0 amide bonds. The highest BCUT2D eigenvalue weighted by Gasteiger charge is 2.10. The number of hydrogen-bond donors (Lipinski definition) is 1. The van der Waals surface area contributed by atoms with Crippen molar-refractivity contribution >= 4 is 34.8 Å². The number of pyridine rings is 1. The summed E-state index contributed by atoms with van der Waals surface area (Å²) in [5.74, 6) is -1.26. The Balaban J connectivity index is 1.85. The van der Waals surface area contributed by atoms with Gasteiger partial charge in [-0.2, -0.15) is 0 Å². The maximum absolute atomic E-state index is 12.0. The molecular weight excluding hydrogens is 288 g/mol. The van der Waals surface area contributed by atoms with Gasteiger partial charge in [-0.25, -0.2) is 9.78 Å². The predicted octanol–water partition coefficient (Wildman–Crippen LogP) is 2.99. The van der Waals surface area contributed by atoms with Crippen LogP contribution in [0.25, 0.3) is 11.7 Å². The molecule has 21 heavy (non-hydrogen) atoms. The van der Waals surface area contributed by atoms with E-state index in [9.17, 15) is 9.59 Å². The number of thiophene rings is 1. The number of carbonyl (C=O) groups is 2. The van der Waals surface area contributed by atoms with E-state index in [-0.39, 0.29) is 10.7 Å². The van der Waals surface area contributed by atoms with E-state index in [0.717, 1.165) is 22.7 Å². The molecule has 0 aromatic carbocycles. The van der Waals surface area contributed by atoms with Gasteiger partial charge in [-0.15, -0.1) is 11.3 Å². The second-order valence-corrected chi connectivity index (χ2v) is 5.23. The minimum atomic E-state index is -1.02. The molecule has 0 saturated carbocycles. The van der Waals surface area contributed by atoms with Crippen LogP contribution >= 0.6 is 11.3 Å². The molecule has 3 aromatic heterocycles. The third kappa shape index (κ3) is 2.61. The van der Waals surface area contributed by atoms with Crippen molar-refractivity contribution in [3.05, 3.63) is 64.2 Å². The standard InChI is InChI=1S/C15H10N2O3S/c18-12(10-7-13(15(19)20)21-9-10)5-4-11-8-16-14-3-1-2-6-17(11)14/h1-9H,(H,19,20)/b5-4+. The first-order valence-electron chi connectivity index (χ1n) is 6.11. The Kier molecular flexibility index (Phi) is 3.37. The van der Waals surface area contributed by atoms with Gasteiger partial charge >= 0.3 is 5.97 Å². The highest BCUT2D eigenvalue weighted by Crippen LogP contribution is 2.16. The van der Waals surface area contributed by atoms with Crippen molar-refractivity contribution < 1.29 is 14.7 Å². The lowest BCUT2D eigenvalue weighted by molar-refractivity contribution is 0.0702. The first-order valence-corrected chi connectivity index (χ1v) is 6.99. The summed E-state index contributed by atoms with van der Waals surface area (Å²) < 4.78 is 1.86. The van der Waals surface area contributed by atoms with Gasteiger partial charge in [-0.05, 0) is 30.4 Å². The molecule has 0 spiro atoms. The molecule has 0 saturated heterocycles. The molecule has 0 bridgehead atoms. The van der Waals surface area contributed by atoms with Crippen LogP contribution in [0.1, 0.15) is 25.7 Å². The van der Waals surface area contributed by atoms with Crippen LogP contribution in [0.2, 0.25) is 0 Å². The first kappa shape index (κ1) is 13.3. The highest BCUT2D eigenvalue weighted by molar-refractivity contribution is 7.12. The molecule has 0 atom stereocenters. The van der Waals surface area contributed by atoms with Crippen molar-refractivity contribution in [2.75, 3.05) is 0 Å². The van der Waals surface area contributed by atoms with Crippen LogP contribution in [0.15, 0.2) is 48.1 Å². The van der Waals surface area contributed by atoms with E-state index in [4.69, 9.17) is 5.11 Å². The highest BCUT2D eigenvalue weighted by atomic mass is 32.1. The van der Waals surface area contributed by atoms with Crippen LogP contribution in [0.5, 0.6) is 0 Å². The van der Waals surface area contributed by atoms with E-state index in [1.165, 1.54) is 12.1 Å². The summed E-state index contributed by atoms with van der Waals surface area (Å²) in [6.07, 6.45) is 6.62. The lowest BCUT2D eigenvalue weighted by atomic mass is 10.2. The number of rotatable bonds is 4. The molecule has 5 nitrogen and oxygen atoms in total. The maximum atomic E-state index is 12.0. The van der Waals surface area contributed by atoms with E-state index in [1.807, 2.05) is 28.8 Å². The van der Waals surface area contributed by atoms with Crippen LogP contribution in [-0.2, 0) is 0 Å². The smallest absolute Gasteiger partial charge is 0.345 e. The molecule has 0 radical (unpaired) electrons. The van der Waals surface area contributed by atoms with Gasteiger partial charge in [0.2, 0.25) is 0 Å². The van der Waals surface area contributed by atoms with Crippen LogP contribution in [0.3, 0.4) is 0 Å². The van der Waals surface area contributed by atoms with Crippen LogP contribution in [0.4, 0.5) is 0 Å². The number of allylic oxidation sites excluding steroid dienone is 1. The van der Waals surface area contributed by atoms with E-state index in [1.54, 1.807) is 17.7 Å². The molecule has 6 heteroatoms. The Hall–Kier alpha value is -2.73. The van der Waals surface area contributed by atoms with Gasteiger partial charge in [0, 0.05) is 17.1 Å². The molecule has 104 valence electrons. The third-order valence-electron chi connectivity index (χ3n) is 2.95.